The molecule has 3 aromatic carbocycles. The lowest BCUT2D eigenvalue weighted by Gasteiger charge is -2.12. The Balaban J connectivity index is 1.63. The lowest BCUT2D eigenvalue weighted by molar-refractivity contribution is 0.0954. The van der Waals surface area contributed by atoms with E-state index < -0.39 is 5.91 Å². The number of carbonyl (C=O) groups excluding carboxylic acids is 2. The number of rotatable bonds is 5. The van der Waals surface area contributed by atoms with Crippen molar-refractivity contribution < 1.29 is 9.59 Å². The van der Waals surface area contributed by atoms with E-state index in [9.17, 15) is 9.59 Å². The molecule has 0 spiro atoms. The molecular weight excluding hydrogens is 445 g/mol. The highest BCUT2D eigenvalue weighted by atomic mass is 35.5. The second-order valence-electron chi connectivity index (χ2n) is 7.08. The number of benzene rings is 3. The number of carbonyl (C=O) groups is 2. The molecule has 160 valence electrons. The van der Waals surface area contributed by atoms with Gasteiger partial charge in [0, 0.05) is 34.9 Å². The molecule has 5 nitrogen and oxygen atoms in total. The third-order valence-corrected chi connectivity index (χ3v) is 5.61. The molecule has 0 radical (unpaired) electrons. The molecule has 1 aromatic heterocycles. The van der Waals surface area contributed by atoms with Crippen molar-refractivity contribution in [1.82, 2.24) is 10.3 Å². The molecule has 0 fully saturated rings. The molecule has 0 saturated heterocycles. The van der Waals surface area contributed by atoms with Gasteiger partial charge in [-0.1, -0.05) is 47.5 Å². The van der Waals surface area contributed by atoms with E-state index in [-0.39, 0.29) is 16.5 Å². The Morgan fingerprint density at radius 3 is 2.50 bits per heavy atom. The third kappa shape index (κ3) is 4.44. The van der Waals surface area contributed by atoms with Gasteiger partial charge in [0.15, 0.2) is 0 Å². The molecule has 4 rings (SSSR count). The van der Waals surface area contributed by atoms with Gasteiger partial charge in [-0.25, -0.2) is 0 Å². The number of fused-ring (bicyclic) bond motifs is 1. The van der Waals surface area contributed by atoms with Crippen LogP contribution in [-0.2, 0) is 0 Å². The summed E-state index contributed by atoms with van der Waals surface area (Å²) in [6.07, 6.45) is 1.73. The highest BCUT2D eigenvalue weighted by molar-refractivity contribution is 6.35. The van der Waals surface area contributed by atoms with Crippen molar-refractivity contribution in [3.63, 3.8) is 0 Å². The zero-order chi connectivity index (χ0) is 22.7. The monoisotopic (exact) mass is 463 g/mol. The molecule has 4 aromatic rings. The molecular formula is C25H19Cl2N3O2. The zero-order valence-electron chi connectivity index (χ0n) is 17.2. The fourth-order valence-corrected chi connectivity index (χ4v) is 3.89. The van der Waals surface area contributed by atoms with Crippen LogP contribution in [0.15, 0.2) is 72.9 Å². The van der Waals surface area contributed by atoms with Crippen LogP contribution in [0, 0.1) is 0 Å². The second kappa shape index (κ2) is 9.39. The Morgan fingerprint density at radius 1 is 0.906 bits per heavy atom. The van der Waals surface area contributed by atoms with E-state index in [1.165, 1.54) is 12.1 Å². The zero-order valence-corrected chi connectivity index (χ0v) is 18.7. The van der Waals surface area contributed by atoms with Crippen LogP contribution < -0.4 is 10.6 Å². The number of amides is 2. The van der Waals surface area contributed by atoms with Crippen molar-refractivity contribution in [3.8, 4) is 11.3 Å². The Kier molecular flexibility index (Phi) is 6.40. The van der Waals surface area contributed by atoms with Gasteiger partial charge in [-0.2, -0.15) is 0 Å². The number of nitrogens with zero attached hydrogens (tertiary/aromatic N) is 1. The molecule has 7 heteroatoms. The smallest absolute Gasteiger partial charge is 0.257 e. The number of nitrogens with one attached hydrogen (secondary N) is 2. The Bertz CT molecular complexity index is 1330. The Labute approximate surface area is 195 Å². The quantitative estimate of drug-likeness (QED) is 0.369. The highest BCUT2D eigenvalue weighted by Crippen LogP contribution is 2.34. The van der Waals surface area contributed by atoms with E-state index in [2.05, 4.69) is 15.6 Å². The highest BCUT2D eigenvalue weighted by Gasteiger charge is 2.15. The van der Waals surface area contributed by atoms with Crippen molar-refractivity contribution in [3.05, 3.63) is 94.1 Å². The molecule has 0 aliphatic heterocycles. The van der Waals surface area contributed by atoms with Crippen LogP contribution >= 0.6 is 23.2 Å². The molecule has 0 aliphatic rings. The van der Waals surface area contributed by atoms with Crippen LogP contribution in [0.5, 0.6) is 0 Å². The number of hydrogen-bond donors (Lipinski definition) is 2. The second-order valence-corrected chi connectivity index (χ2v) is 7.90. The topological polar surface area (TPSA) is 71.1 Å². The van der Waals surface area contributed by atoms with Crippen LogP contribution in [0.25, 0.3) is 22.0 Å². The minimum atomic E-state index is -0.392. The van der Waals surface area contributed by atoms with Crippen molar-refractivity contribution in [2.24, 2.45) is 0 Å². The van der Waals surface area contributed by atoms with Crippen LogP contribution in [-0.4, -0.2) is 23.3 Å². The lowest BCUT2D eigenvalue weighted by Crippen LogP contribution is -2.23. The predicted molar refractivity (Wildman–Crippen MR) is 130 cm³/mol. The summed E-state index contributed by atoms with van der Waals surface area (Å²) in [5, 5.41) is 8.27. The lowest BCUT2D eigenvalue weighted by atomic mass is 10.0. The van der Waals surface area contributed by atoms with Gasteiger partial charge in [0.1, 0.15) is 0 Å². The minimum Gasteiger partial charge on any atom is -0.352 e. The third-order valence-electron chi connectivity index (χ3n) is 4.97. The largest absolute Gasteiger partial charge is 0.352 e. The molecule has 2 amide bonds. The van der Waals surface area contributed by atoms with Crippen molar-refractivity contribution >= 4 is 51.5 Å². The number of anilines is 1. The van der Waals surface area contributed by atoms with Crippen molar-refractivity contribution in [2.45, 2.75) is 6.92 Å². The van der Waals surface area contributed by atoms with Gasteiger partial charge < -0.3 is 10.6 Å². The predicted octanol–water partition coefficient (Wildman–Crippen LogP) is 6.21. The van der Waals surface area contributed by atoms with E-state index in [0.717, 1.165) is 16.5 Å². The van der Waals surface area contributed by atoms with Gasteiger partial charge in [0.2, 0.25) is 0 Å². The van der Waals surface area contributed by atoms with Gasteiger partial charge >= 0.3 is 0 Å². The fraction of sp³-hybridized carbons (Fsp3) is 0.0800. The molecule has 1 heterocycles. The fourth-order valence-electron chi connectivity index (χ4n) is 3.42. The maximum atomic E-state index is 12.8. The van der Waals surface area contributed by atoms with Crippen LogP contribution in [0.2, 0.25) is 10.0 Å². The maximum absolute atomic E-state index is 12.8. The minimum absolute atomic E-state index is 0.191. The van der Waals surface area contributed by atoms with E-state index in [4.69, 9.17) is 23.2 Å². The average molecular weight is 464 g/mol. The number of halogens is 2. The molecule has 0 atom stereocenters. The summed E-state index contributed by atoms with van der Waals surface area (Å²) in [6.45, 7) is 2.33. The molecule has 0 aliphatic carbocycles. The summed E-state index contributed by atoms with van der Waals surface area (Å²) in [6, 6.07) is 19.6. The summed E-state index contributed by atoms with van der Waals surface area (Å²) in [7, 11) is 0. The van der Waals surface area contributed by atoms with Gasteiger partial charge in [-0.3, -0.25) is 14.6 Å². The Hall–Kier alpha value is -3.41. The first-order valence-electron chi connectivity index (χ1n) is 10.0. The SMILES string of the molecule is CCNC(=O)c1ccc(C(=O)Nc2ccc(Cl)c(-c3nccc4ccccc34)c2)c(Cl)c1. The maximum Gasteiger partial charge on any atom is 0.257 e. The summed E-state index contributed by atoms with van der Waals surface area (Å²) in [4.78, 5) is 29.3. The first-order valence-corrected chi connectivity index (χ1v) is 10.8. The van der Waals surface area contributed by atoms with Crippen LogP contribution in [0.4, 0.5) is 5.69 Å². The molecule has 0 bridgehead atoms. The Morgan fingerprint density at radius 2 is 1.72 bits per heavy atom. The average Bonchev–Trinajstić information content (AvgIpc) is 2.80. The molecule has 0 unspecified atom stereocenters. The first kappa shape index (κ1) is 21.8. The van der Waals surface area contributed by atoms with Gasteiger partial charge in [-0.15, -0.1) is 0 Å². The van der Waals surface area contributed by atoms with Crippen molar-refractivity contribution in [2.75, 3.05) is 11.9 Å². The summed E-state index contributed by atoms with van der Waals surface area (Å²) in [5.41, 5.74) is 2.64. The standard InChI is InChI=1S/C25H19Cl2N3O2/c1-2-28-24(31)16-7-9-19(22(27)13-16)25(32)30-17-8-10-21(26)20(14-17)23-18-6-4-3-5-15(18)11-12-29-23/h3-14H,2H2,1H3,(H,28,31)(H,30,32). The number of hydrogen-bond acceptors (Lipinski definition) is 3. The van der Waals surface area contributed by atoms with E-state index in [1.807, 2.05) is 37.3 Å². The number of pyridine rings is 1. The van der Waals surface area contributed by atoms with Crippen LogP contribution in [0.3, 0.4) is 0 Å². The number of aromatic nitrogens is 1. The molecule has 0 saturated carbocycles. The summed E-state index contributed by atoms with van der Waals surface area (Å²) >= 11 is 12.8. The van der Waals surface area contributed by atoms with Crippen LogP contribution in [0.1, 0.15) is 27.6 Å². The summed E-state index contributed by atoms with van der Waals surface area (Å²) < 4.78 is 0. The summed E-state index contributed by atoms with van der Waals surface area (Å²) in [5.74, 6) is -0.636. The van der Waals surface area contributed by atoms with E-state index >= 15 is 0 Å². The van der Waals surface area contributed by atoms with Gasteiger partial charge in [0.25, 0.3) is 11.8 Å². The van der Waals surface area contributed by atoms with E-state index in [1.54, 1.807) is 30.5 Å². The normalized spacial score (nSPS) is 10.7. The van der Waals surface area contributed by atoms with Crippen molar-refractivity contribution in [1.29, 1.82) is 0 Å². The first-order chi connectivity index (χ1) is 15.5. The molecule has 2 N–H and O–H groups in total. The van der Waals surface area contributed by atoms with Gasteiger partial charge in [0.05, 0.1) is 21.3 Å². The molecule has 32 heavy (non-hydrogen) atoms. The van der Waals surface area contributed by atoms with Gasteiger partial charge in [-0.05, 0) is 54.8 Å². The van der Waals surface area contributed by atoms with E-state index in [0.29, 0.717) is 28.4 Å².